The number of ether oxygens (including phenoxy) is 3. The lowest BCUT2D eigenvalue weighted by molar-refractivity contribution is -0.124. The van der Waals surface area contributed by atoms with Gasteiger partial charge in [0.2, 0.25) is 5.91 Å². The largest absolute Gasteiger partial charge is 0.486 e. The molecule has 8 nitrogen and oxygen atoms in total. The van der Waals surface area contributed by atoms with Crippen LogP contribution in [0.1, 0.15) is 44.6 Å². The Morgan fingerprint density at radius 3 is 2.55 bits per heavy atom. The Hall–Kier alpha value is -2.48. The number of likely N-dealkylation sites (tertiary alicyclic amines) is 2. The molecule has 8 heteroatoms. The second-order valence-corrected chi connectivity index (χ2v) is 9.84. The molecule has 0 bridgehead atoms. The Morgan fingerprint density at radius 2 is 1.82 bits per heavy atom. The Balaban J connectivity index is 1.06. The maximum absolute atomic E-state index is 12.9. The lowest BCUT2D eigenvalue weighted by atomic mass is 9.90. The highest BCUT2D eigenvalue weighted by atomic mass is 16.6. The summed E-state index contributed by atoms with van der Waals surface area (Å²) in [4.78, 5) is 29.0. The average molecular weight is 458 g/mol. The van der Waals surface area contributed by atoms with E-state index in [0.29, 0.717) is 32.9 Å². The summed E-state index contributed by atoms with van der Waals surface area (Å²) in [5, 5.41) is 3.27. The van der Waals surface area contributed by atoms with Gasteiger partial charge in [-0.3, -0.25) is 9.69 Å². The third kappa shape index (κ3) is 4.90. The number of carbonyl (C=O) groups is 2. The summed E-state index contributed by atoms with van der Waals surface area (Å²) in [6, 6.07) is 6.39. The number of hydrogen-bond donors (Lipinski definition) is 1. The number of fused-ring (bicyclic) bond motifs is 1. The van der Waals surface area contributed by atoms with Crippen LogP contribution < -0.4 is 14.8 Å². The van der Waals surface area contributed by atoms with Gasteiger partial charge in [0.05, 0.1) is 6.61 Å². The molecule has 3 aliphatic heterocycles. The molecule has 1 aliphatic carbocycles. The molecule has 180 valence electrons. The van der Waals surface area contributed by atoms with E-state index in [4.69, 9.17) is 14.2 Å². The third-order valence-corrected chi connectivity index (χ3v) is 7.74. The van der Waals surface area contributed by atoms with Gasteiger partial charge in [0.25, 0.3) is 0 Å². The van der Waals surface area contributed by atoms with Crippen LogP contribution in [0.15, 0.2) is 18.2 Å². The molecule has 2 amide bonds. The molecule has 3 fully saturated rings. The van der Waals surface area contributed by atoms with Crippen molar-refractivity contribution >= 4 is 12.0 Å². The van der Waals surface area contributed by atoms with Gasteiger partial charge in [0, 0.05) is 31.6 Å². The molecule has 0 radical (unpaired) electrons. The molecule has 33 heavy (non-hydrogen) atoms. The van der Waals surface area contributed by atoms with Crippen LogP contribution in [0.4, 0.5) is 4.79 Å². The number of rotatable bonds is 5. The van der Waals surface area contributed by atoms with E-state index in [9.17, 15) is 9.59 Å². The monoisotopic (exact) mass is 457 g/mol. The van der Waals surface area contributed by atoms with Crippen molar-refractivity contribution in [1.29, 1.82) is 0 Å². The van der Waals surface area contributed by atoms with Crippen molar-refractivity contribution < 1.29 is 23.8 Å². The highest BCUT2D eigenvalue weighted by Gasteiger charge is 2.58. The van der Waals surface area contributed by atoms with E-state index in [1.165, 1.54) is 5.56 Å². The number of amides is 2. The standard InChI is InChI=1S/C25H35N3O5/c1-2-31-24(30)28-9-5-19(6-10-28)26-23(29)20-16-25(20)7-11-27(12-8-25)17-18-3-4-21-22(15-18)33-14-13-32-21/h3-4,15,19-20H,2,5-14,16-17H2,1H3,(H,26,29)/t20-/m1/s1. The Bertz CT molecular complexity index is 875. The molecular weight excluding hydrogens is 422 g/mol. The van der Waals surface area contributed by atoms with E-state index in [0.717, 1.165) is 63.2 Å². The summed E-state index contributed by atoms with van der Waals surface area (Å²) in [6.45, 7) is 7.68. The molecule has 2 saturated heterocycles. The van der Waals surface area contributed by atoms with Gasteiger partial charge < -0.3 is 24.4 Å². The van der Waals surface area contributed by atoms with Crippen LogP contribution in [0.3, 0.4) is 0 Å². The zero-order valence-corrected chi connectivity index (χ0v) is 19.5. The van der Waals surface area contributed by atoms with Gasteiger partial charge >= 0.3 is 6.09 Å². The minimum absolute atomic E-state index is 0.150. The summed E-state index contributed by atoms with van der Waals surface area (Å²) in [7, 11) is 0. The number of benzene rings is 1. The van der Waals surface area contributed by atoms with Crippen molar-refractivity contribution in [2.24, 2.45) is 11.3 Å². The maximum atomic E-state index is 12.9. The van der Waals surface area contributed by atoms with Crippen LogP contribution in [0.2, 0.25) is 0 Å². The second kappa shape index (κ2) is 9.41. The van der Waals surface area contributed by atoms with E-state index in [1.54, 1.807) is 4.90 Å². The first-order valence-corrected chi connectivity index (χ1v) is 12.4. The van der Waals surface area contributed by atoms with Gasteiger partial charge in [0.15, 0.2) is 11.5 Å². The van der Waals surface area contributed by atoms with Crippen LogP contribution in [0, 0.1) is 11.3 Å². The zero-order valence-electron chi connectivity index (χ0n) is 19.5. The quantitative estimate of drug-likeness (QED) is 0.733. The minimum Gasteiger partial charge on any atom is -0.486 e. The molecule has 1 aromatic carbocycles. The zero-order chi connectivity index (χ0) is 22.8. The van der Waals surface area contributed by atoms with Crippen molar-refractivity contribution in [2.75, 3.05) is 46.0 Å². The number of carbonyl (C=O) groups excluding carboxylic acids is 2. The minimum atomic E-state index is -0.244. The molecule has 3 heterocycles. The van der Waals surface area contributed by atoms with E-state index in [2.05, 4.69) is 22.3 Å². The van der Waals surface area contributed by atoms with Gasteiger partial charge in [-0.25, -0.2) is 4.79 Å². The fraction of sp³-hybridized carbons (Fsp3) is 0.680. The molecule has 4 aliphatic rings. The predicted octanol–water partition coefficient (Wildman–Crippen LogP) is 2.80. The maximum Gasteiger partial charge on any atom is 0.409 e. The van der Waals surface area contributed by atoms with Crippen LogP contribution in [0.25, 0.3) is 0 Å². The lowest BCUT2D eigenvalue weighted by Gasteiger charge is -2.34. The van der Waals surface area contributed by atoms with Gasteiger partial charge in [-0.1, -0.05) is 6.07 Å². The van der Waals surface area contributed by atoms with Crippen LogP contribution in [-0.2, 0) is 16.1 Å². The first-order chi connectivity index (χ1) is 16.1. The van der Waals surface area contributed by atoms with Gasteiger partial charge in [-0.05, 0) is 75.2 Å². The predicted molar refractivity (Wildman–Crippen MR) is 122 cm³/mol. The van der Waals surface area contributed by atoms with Crippen LogP contribution in [-0.4, -0.2) is 73.8 Å². The summed E-state index contributed by atoms with van der Waals surface area (Å²) < 4.78 is 16.4. The second-order valence-electron chi connectivity index (χ2n) is 9.84. The Morgan fingerprint density at radius 1 is 1.09 bits per heavy atom. The van der Waals surface area contributed by atoms with Crippen molar-refractivity contribution in [3.05, 3.63) is 23.8 Å². The normalized spacial score (nSPS) is 24.4. The Kier molecular flexibility index (Phi) is 6.36. The molecule has 0 unspecified atom stereocenters. The first-order valence-electron chi connectivity index (χ1n) is 12.4. The van der Waals surface area contributed by atoms with Crippen molar-refractivity contribution in [1.82, 2.24) is 15.1 Å². The SMILES string of the molecule is CCOC(=O)N1CCC(NC(=O)[C@H]2CC23CCN(Cc2ccc4c(c2)OCCO4)CC3)CC1. The third-order valence-electron chi connectivity index (χ3n) is 7.74. The number of nitrogens with one attached hydrogen (secondary N) is 1. The molecule has 1 atom stereocenters. The summed E-state index contributed by atoms with van der Waals surface area (Å²) in [6.07, 6.45) is 4.53. The van der Waals surface area contributed by atoms with E-state index >= 15 is 0 Å². The summed E-state index contributed by atoms with van der Waals surface area (Å²) >= 11 is 0. The summed E-state index contributed by atoms with van der Waals surface area (Å²) in [5.74, 6) is 2.04. The fourth-order valence-electron chi connectivity index (χ4n) is 5.59. The van der Waals surface area contributed by atoms with Crippen molar-refractivity contribution in [2.45, 2.75) is 51.6 Å². The van der Waals surface area contributed by atoms with E-state index in [-0.39, 0.29) is 29.4 Å². The highest BCUT2D eigenvalue weighted by Crippen LogP contribution is 2.59. The molecule has 1 N–H and O–H groups in total. The topological polar surface area (TPSA) is 80.3 Å². The smallest absolute Gasteiger partial charge is 0.409 e. The number of nitrogens with zero attached hydrogens (tertiary/aromatic N) is 2. The highest BCUT2D eigenvalue weighted by molar-refractivity contribution is 5.83. The van der Waals surface area contributed by atoms with Gasteiger partial charge in [0.1, 0.15) is 13.2 Å². The number of hydrogen-bond acceptors (Lipinski definition) is 6. The van der Waals surface area contributed by atoms with Gasteiger partial charge in [-0.2, -0.15) is 0 Å². The van der Waals surface area contributed by atoms with E-state index in [1.807, 2.05) is 13.0 Å². The average Bonchev–Trinajstić information content (AvgIpc) is 3.55. The first kappa shape index (κ1) is 22.3. The molecule has 0 aromatic heterocycles. The summed E-state index contributed by atoms with van der Waals surface area (Å²) in [5.41, 5.74) is 1.44. The van der Waals surface area contributed by atoms with Crippen LogP contribution in [0.5, 0.6) is 11.5 Å². The molecule has 1 spiro atoms. The number of piperidine rings is 2. The molecule has 1 aromatic rings. The lowest BCUT2D eigenvalue weighted by Crippen LogP contribution is -2.47. The van der Waals surface area contributed by atoms with E-state index < -0.39 is 0 Å². The molecule has 5 rings (SSSR count). The molecule has 1 saturated carbocycles. The van der Waals surface area contributed by atoms with Crippen molar-refractivity contribution in [3.63, 3.8) is 0 Å². The van der Waals surface area contributed by atoms with Crippen LogP contribution >= 0.6 is 0 Å². The van der Waals surface area contributed by atoms with Crippen molar-refractivity contribution in [3.8, 4) is 11.5 Å². The Labute approximate surface area is 195 Å². The van der Waals surface area contributed by atoms with Gasteiger partial charge in [-0.15, -0.1) is 0 Å². The molecular formula is C25H35N3O5. The fourth-order valence-corrected chi connectivity index (χ4v) is 5.59.